The van der Waals surface area contributed by atoms with E-state index in [-0.39, 0.29) is 0 Å². The van der Waals surface area contributed by atoms with E-state index in [9.17, 15) is 4.79 Å². The third-order valence-corrected chi connectivity index (χ3v) is 3.33. The molecular formula is C17H32O2. The minimum absolute atomic E-state index is 0.332. The topological polar surface area (TPSA) is 37.3 Å². The molecule has 1 N–H and O–H groups in total. The molecule has 0 aromatic carbocycles. The van der Waals surface area contributed by atoms with Crippen molar-refractivity contribution in [3.8, 4) is 0 Å². The van der Waals surface area contributed by atoms with E-state index in [4.69, 9.17) is 5.11 Å². The van der Waals surface area contributed by atoms with Gasteiger partial charge in [0.15, 0.2) is 0 Å². The summed E-state index contributed by atoms with van der Waals surface area (Å²) in [6.07, 6.45) is 17.0. The van der Waals surface area contributed by atoms with Gasteiger partial charge in [-0.2, -0.15) is 0 Å². The van der Waals surface area contributed by atoms with E-state index in [1.165, 1.54) is 51.4 Å². The maximum Gasteiger partial charge on any atom is 0.303 e. The van der Waals surface area contributed by atoms with E-state index in [1.807, 2.05) is 0 Å². The summed E-state index contributed by atoms with van der Waals surface area (Å²) in [7, 11) is 0. The third kappa shape index (κ3) is 17.2. The van der Waals surface area contributed by atoms with Crippen LogP contribution in [0.3, 0.4) is 0 Å². The van der Waals surface area contributed by atoms with E-state index in [1.54, 1.807) is 0 Å². The summed E-state index contributed by atoms with van der Waals surface area (Å²) in [5.74, 6) is 0.164. The summed E-state index contributed by atoms with van der Waals surface area (Å²) in [6, 6.07) is 0. The Balaban J connectivity index is 3.09. The van der Waals surface area contributed by atoms with Crippen LogP contribution >= 0.6 is 0 Å². The Hall–Kier alpha value is -0.790. The molecular weight excluding hydrogens is 236 g/mol. The molecule has 0 spiro atoms. The molecule has 0 radical (unpaired) electrons. The molecule has 2 heteroatoms. The van der Waals surface area contributed by atoms with E-state index in [0.717, 1.165) is 18.8 Å². The first-order valence-corrected chi connectivity index (χ1v) is 7.99. The van der Waals surface area contributed by atoms with Crippen molar-refractivity contribution in [1.29, 1.82) is 0 Å². The molecule has 0 aliphatic carbocycles. The number of aliphatic carboxylic acids is 1. The molecule has 0 atom stereocenters. The largest absolute Gasteiger partial charge is 0.481 e. The van der Waals surface area contributed by atoms with Gasteiger partial charge in [-0.15, -0.1) is 0 Å². The van der Waals surface area contributed by atoms with Crippen LogP contribution in [0.1, 0.15) is 84.5 Å². The number of hydrogen-bond donors (Lipinski definition) is 1. The minimum atomic E-state index is -0.664. The number of carbonyl (C=O) groups is 1. The van der Waals surface area contributed by atoms with E-state index < -0.39 is 5.97 Å². The van der Waals surface area contributed by atoms with Crippen LogP contribution in [0.5, 0.6) is 0 Å². The Morgan fingerprint density at radius 1 is 0.895 bits per heavy atom. The number of hydrogen-bond acceptors (Lipinski definition) is 1. The second-order valence-corrected chi connectivity index (χ2v) is 5.85. The van der Waals surface area contributed by atoms with Crippen LogP contribution in [-0.4, -0.2) is 11.1 Å². The number of unbranched alkanes of at least 4 members (excludes halogenated alkanes) is 7. The molecule has 0 amide bonds. The van der Waals surface area contributed by atoms with Crippen LogP contribution in [0, 0.1) is 5.92 Å². The molecule has 0 aliphatic rings. The SMILES string of the molecule is CC(C)CCC/C=C/CCCCCCCCC(=O)O. The second kappa shape index (κ2) is 13.6. The fraction of sp³-hybridized carbons (Fsp3) is 0.824. The van der Waals surface area contributed by atoms with Gasteiger partial charge in [0.05, 0.1) is 0 Å². The average molecular weight is 268 g/mol. The molecule has 0 bridgehead atoms. The number of rotatable bonds is 13. The quantitative estimate of drug-likeness (QED) is 0.350. The molecule has 0 heterocycles. The molecule has 19 heavy (non-hydrogen) atoms. The Labute approximate surface area is 119 Å². The van der Waals surface area contributed by atoms with Gasteiger partial charge in [0, 0.05) is 6.42 Å². The summed E-state index contributed by atoms with van der Waals surface area (Å²) in [4.78, 5) is 10.3. The van der Waals surface area contributed by atoms with Gasteiger partial charge in [-0.1, -0.05) is 58.1 Å². The molecule has 0 aromatic heterocycles. The number of carboxylic acids is 1. The van der Waals surface area contributed by atoms with Gasteiger partial charge in [0.1, 0.15) is 0 Å². The predicted octanol–water partition coefficient (Wildman–Crippen LogP) is 5.57. The van der Waals surface area contributed by atoms with Crippen molar-refractivity contribution in [2.24, 2.45) is 5.92 Å². The van der Waals surface area contributed by atoms with Gasteiger partial charge >= 0.3 is 5.97 Å². The molecule has 0 aromatic rings. The van der Waals surface area contributed by atoms with E-state index >= 15 is 0 Å². The van der Waals surface area contributed by atoms with Crippen molar-refractivity contribution in [2.45, 2.75) is 84.5 Å². The first-order chi connectivity index (χ1) is 9.13. The summed E-state index contributed by atoms with van der Waals surface area (Å²) in [5.41, 5.74) is 0. The minimum Gasteiger partial charge on any atom is -0.481 e. The molecule has 0 aliphatic heterocycles. The monoisotopic (exact) mass is 268 g/mol. The number of allylic oxidation sites excluding steroid dienone is 2. The lowest BCUT2D eigenvalue weighted by Crippen LogP contribution is -1.93. The molecule has 0 saturated carbocycles. The first-order valence-electron chi connectivity index (χ1n) is 7.99. The average Bonchev–Trinajstić information content (AvgIpc) is 2.34. The molecule has 2 nitrogen and oxygen atoms in total. The lowest BCUT2D eigenvalue weighted by atomic mass is 10.1. The maximum atomic E-state index is 10.3. The maximum absolute atomic E-state index is 10.3. The highest BCUT2D eigenvalue weighted by molar-refractivity contribution is 5.66. The van der Waals surface area contributed by atoms with Crippen LogP contribution in [-0.2, 0) is 4.79 Å². The smallest absolute Gasteiger partial charge is 0.303 e. The summed E-state index contributed by atoms with van der Waals surface area (Å²) < 4.78 is 0. The van der Waals surface area contributed by atoms with Crippen molar-refractivity contribution < 1.29 is 9.90 Å². The fourth-order valence-corrected chi connectivity index (χ4v) is 2.13. The van der Waals surface area contributed by atoms with Gasteiger partial charge in [-0.05, 0) is 38.0 Å². The summed E-state index contributed by atoms with van der Waals surface area (Å²) in [6.45, 7) is 4.56. The number of carboxylic acid groups (broad SMARTS) is 1. The first kappa shape index (κ1) is 18.2. The van der Waals surface area contributed by atoms with Crippen LogP contribution < -0.4 is 0 Å². The summed E-state index contributed by atoms with van der Waals surface area (Å²) >= 11 is 0. The zero-order valence-electron chi connectivity index (χ0n) is 12.9. The fourth-order valence-electron chi connectivity index (χ4n) is 2.13. The van der Waals surface area contributed by atoms with Crippen molar-refractivity contribution in [1.82, 2.24) is 0 Å². The normalized spacial score (nSPS) is 11.5. The Morgan fingerprint density at radius 3 is 2.00 bits per heavy atom. The molecule has 0 saturated heterocycles. The van der Waals surface area contributed by atoms with Gasteiger partial charge in [0.2, 0.25) is 0 Å². The Kier molecular flexibility index (Phi) is 13.1. The van der Waals surface area contributed by atoms with Crippen molar-refractivity contribution in [3.63, 3.8) is 0 Å². The molecule has 0 rings (SSSR count). The van der Waals surface area contributed by atoms with Gasteiger partial charge in [0.25, 0.3) is 0 Å². The lowest BCUT2D eigenvalue weighted by Gasteiger charge is -2.01. The second-order valence-electron chi connectivity index (χ2n) is 5.85. The van der Waals surface area contributed by atoms with Crippen LogP contribution in [0.4, 0.5) is 0 Å². The Morgan fingerprint density at radius 2 is 1.42 bits per heavy atom. The van der Waals surface area contributed by atoms with Crippen molar-refractivity contribution in [3.05, 3.63) is 12.2 Å². The highest BCUT2D eigenvalue weighted by atomic mass is 16.4. The highest BCUT2D eigenvalue weighted by Gasteiger charge is 1.96. The van der Waals surface area contributed by atoms with Crippen LogP contribution in [0.25, 0.3) is 0 Å². The lowest BCUT2D eigenvalue weighted by molar-refractivity contribution is -0.137. The predicted molar refractivity (Wildman–Crippen MR) is 82.4 cm³/mol. The zero-order chi connectivity index (χ0) is 14.3. The highest BCUT2D eigenvalue weighted by Crippen LogP contribution is 2.10. The van der Waals surface area contributed by atoms with Crippen molar-refractivity contribution >= 4 is 5.97 Å². The van der Waals surface area contributed by atoms with Gasteiger partial charge < -0.3 is 5.11 Å². The van der Waals surface area contributed by atoms with Gasteiger partial charge in [-0.25, -0.2) is 0 Å². The third-order valence-electron chi connectivity index (χ3n) is 3.33. The summed E-state index contributed by atoms with van der Waals surface area (Å²) in [5, 5.41) is 8.50. The van der Waals surface area contributed by atoms with Gasteiger partial charge in [-0.3, -0.25) is 4.79 Å². The van der Waals surface area contributed by atoms with E-state index in [2.05, 4.69) is 26.0 Å². The van der Waals surface area contributed by atoms with Crippen LogP contribution in [0.2, 0.25) is 0 Å². The standard InChI is InChI=1S/C17H32O2/c1-16(2)14-12-10-8-6-4-3-5-7-9-11-13-15-17(18)19/h6,8,16H,3-5,7,9-15H2,1-2H3,(H,18,19)/b8-6+. The molecule has 0 fully saturated rings. The molecule has 0 unspecified atom stereocenters. The van der Waals surface area contributed by atoms with Crippen molar-refractivity contribution in [2.75, 3.05) is 0 Å². The molecule has 112 valence electrons. The zero-order valence-corrected chi connectivity index (χ0v) is 12.9. The van der Waals surface area contributed by atoms with Crippen LogP contribution in [0.15, 0.2) is 12.2 Å². The Bertz CT molecular complexity index is 231. The van der Waals surface area contributed by atoms with E-state index in [0.29, 0.717) is 6.42 Å².